The Morgan fingerprint density at radius 3 is 2.71 bits per heavy atom. The lowest BCUT2D eigenvalue weighted by molar-refractivity contribution is 0.132. The van der Waals surface area contributed by atoms with Crippen LogP contribution in [0.3, 0.4) is 0 Å². The molecule has 0 radical (unpaired) electrons. The number of rotatable bonds is 5. The molecule has 3 atom stereocenters. The van der Waals surface area contributed by atoms with Crippen LogP contribution in [0.25, 0.3) is 0 Å². The van der Waals surface area contributed by atoms with Gasteiger partial charge in [0.15, 0.2) is 5.75 Å². The summed E-state index contributed by atoms with van der Waals surface area (Å²) in [6.07, 6.45) is 14.1. The summed E-state index contributed by atoms with van der Waals surface area (Å²) < 4.78 is 34.6. The predicted octanol–water partition coefficient (Wildman–Crippen LogP) is 3.20. The Labute approximate surface area is 207 Å². The van der Waals surface area contributed by atoms with E-state index in [0.717, 1.165) is 50.9 Å². The molecule has 0 bridgehead atoms. The van der Waals surface area contributed by atoms with Crippen molar-refractivity contribution in [1.82, 2.24) is 19.6 Å². The molecule has 3 aliphatic rings. The summed E-state index contributed by atoms with van der Waals surface area (Å²) in [5.41, 5.74) is 1.50. The molecule has 3 aliphatic heterocycles. The van der Waals surface area contributed by atoms with Crippen LogP contribution in [0, 0.1) is 11.7 Å². The molecule has 0 spiro atoms. The first-order valence-corrected chi connectivity index (χ1v) is 13.6. The molecule has 0 aliphatic carbocycles. The van der Waals surface area contributed by atoms with E-state index < -0.39 is 11.0 Å². The Kier molecular flexibility index (Phi) is 7.38. The molecule has 3 unspecified atom stereocenters. The van der Waals surface area contributed by atoms with Crippen molar-refractivity contribution in [3.63, 3.8) is 0 Å². The van der Waals surface area contributed by atoms with Crippen molar-refractivity contribution in [2.24, 2.45) is 10.9 Å². The van der Waals surface area contributed by atoms with Crippen LogP contribution in [0.1, 0.15) is 42.9 Å². The fourth-order valence-corrected chi connectivity index (χ4v) is 5.92. The number of benzene rings is 1. The maximum Gasteiger partial charge on any atom is 0.225 e. The first kappa shape index (κ1) is 23.9. The van der Waals surface area contributed by atoms with Gasteiger partial charge in [-0.2, -0.15) is 0 Å². The van der Waals surface area contributed by atoms with E-state index in [9.17, 15) is 8.60 Å². The third-order valence-electron chi connectivity index (χ3n) is 6.96. The van der Waals surface area contributed by atoms with Crippen molar-refractivity contribution >= 4 is 23.1 Å². The molecule has 2 aromatic rings. The van der Waals surface area contributed by atoms with Crippen molar-refractivity contribution in [1.29, 1.82) is 0 Å². The minimum Gasteiger partial charge on any atom is -0.486 e. The van der Waals surface area contributed by atoms with E-state index in [-0.39, 0.29) is 23.9 Å². The zero-order valence-electron chi connectivity index (χ0n) is 19.8. The zero-order chi connectivity index (χ0) is 24.2. The van der Waals surface area contributed by atoms with Crippen LogP contribution in [0.4, 0.5) is 10.3 Å². The molecule has 10 heteroatoms. The summed E-state index contributed by atoms with van der Waals surface area (Å²) in [6, 6.07) is 5.05. The molecule has 4 heterocycles. The predicted molar refractivity (Wildman–Crippen MR) is 135 cm³/mol. The van der Waals surface area contributed by atoms with Crippen LogP contribution >= 0.6 is 0 Å². The van der Waals surface area contributed by atoms with Gasteiger partial charge in [0, 0.05) is 62.2 Å². The maximum absolute atomic E-state index is 14.8. The monoisotopic (exact) mass is 498 g/mol. The highest BCUT2D eigenvalue weighted by Crippen LogP contribution is 2.35. The lowest BCUT2D eigenvalue weighted by atomic mass is 9.83. The molecule has 2 saturated heterocycles. The van der Waals surface area contributed by atoms with E-state index in [4.69, 9.17) is 4.74 Å². The Balaban J connectivity index is 1.20. The van der Waals surface area contributed by atoms with Gasteiger partial charge < -0.3 is 15.0 Å². The van der Waals surface area contributed by atoms with Crippen LogP contribution in [-0.2, 0) is 11.0 Å². The summed E-state index contributed by atoms with van der Waals surface area (Å²) in [7, 11) is -0.978. The van der Waals surface area contributed by atoms with Crippen LogP contribution in [0.15, 0.2) is 48.0 Å². The van der Waals surface area contributed by atoms with E-state index in [1.54, 1.807) is 43.3 Å². The molecule has 1 aromatic carbocycles. The maximum atomic E-state index is 14.8. The van der Waals surface area contributed by atoms with Crippen molar-refractivity contribution in [2.75, 3.05) is 37.3 Å². The Morgan fingerprint density at radius 1 is 1.14 bits per heavy atom. The topological polar surface area (TPSA) is 83.0 Å². The van der Waals surface area contributed by atoms with Gasteiger partial charge in [0.25, 0.3) is 0 Å². The second kappa shape index (κ2) is 10.8. The minimum atomic E-state index is -0.978. The van der Waals surface area contributed by atoms with Gasteiger partial charge in [-0.25, -0.2) is 22.9 Å². The second-order valence-corrected chi connectivity index (χ2v) is 10.6. The molecule has 1 N–H and O–H groups in total. The molecule has 0 saturated carbocycles. The number of fused-ring (bicyclic) bond motifs is 1. The molecule has 5 rings (SSSR count). The third kappa shape index (κ3) is 5.54. The highest BCUT2D eigenvalue weighted by atomic mass is 32.2. The van der Waals surface area contributed by atoms with E-state index in [2.05, 4.69) is 25.2 Å². The van der Waals surface area contributed by atoms with Gasteiger partial charge in [-0.05, 0) is 37.7 Å². The van der Waals surface area contributed by atoms with E-state index in [1.165, 1.54) is 6.07 Å². The first-order valence-electron chi connectivity index (χ1n) is 12.1. The minimum absolute atomic E-state index is 0.00325. The largest absolute Gasteiger partial charge is 0.486 e. The molecule has 8 nitrogen and oxygen atoms in total. The van der Waals surface area contributed by atoms with Gasteiger partial charge in [-0.15, -0.1) is 0 Å². The summed E-state index contributed by atoms with van der Waals surface area (Å²) in [5, 5.41) is 3.38. The highest BCUT2D eigenvalue weighted by molar-refractivity contribution is 7.81. The second-order valence-electron chi connectivity index (χ2n) is 9.22. The van der Waals surface area contributed by atoms with E-state index in [1.807, 2.05) is 10.4 Å². The number of anilines is 1. The molecular formula is C25H31FN6O2S. The average molecular weight is 499 g/mol. The molecular weight excluding hydrogens is 467 g/mol. The highest BCUT2D eigenvalue weighted by Gasteiger charge is 2.31. The van der Waals surface area contributed by atoms with E-state index in [0.29, 0.717) is 23.8 Å². The Morgan fingerprint density at radius 2 is 1.94 bits per heavy atom. The SMILES string of the molecule is CS(=O)N1CCCC(Oc2cnc(N3CCC(C4N/C=C\N=Cc5cccc(F)c54)CC3)nc2)C1. The van der Waals surface area contributed by atoms with Crippen molar-refractivity contribution < 1.29 is 13.3 Å². The molecule has 2 fully saturated rings. The number of aliphatic imine (C=N–C) groups is 1. The summed E-state index contributed by atoms with van der Waals surface area (Å²) in [4.78, 5) is 15.5. The summed E-state index contributed by atoms with van der Waals surface area (Å²) in [6.45, 7) is 3.08. The standard InChI is InChI=1S/C25H31FN6O2S/c1-35(33)32-11-3-5-20(17-32)34-21-15-29-25(30-16-21)31-12-7-18(8-13-31)24-23-19(4-2-6-22(23)26)14-27-9-10-28-24/h2,4,6,9-10,14-16,18,20,24,28H,3,5,7-8,11-13,17H2,1H3/b10-9-,27-14?. The quantitative estimate of drug-likeness (QED) is 0.682. The van der Waals surface area contributed by atoms with Crippen LogP contribution in [0.5, 0.6) is 5.75 Å². The normalized spacial score (nSPS) is 25.1. The fourth-order valence-electron chi connectivity index (χ4n) is 5.16. The van der Waals surface area contributed by atoms with Crippen LogP contribution in [0.2, 0.25) is 0 Å². The van der Waals surface area contributed by atoms with Crippen molar-refractivity contribution in [3.8, 4) is 5.75 Å². The lowest BCUT2D eigenvalue weighted by Crippen LogP contribution is -2.41. The molecule has 0 amide bonds. The van der Waals surface area contributed by atoms with E-state index >= 15 is 0 Å². The molecule has 1 aromatic heterocycles. The van der Waals surface area contributed by atoms with Gasteiger partial charge in [-0.1, -0.05) is 12.1 Å². The van der Waals surface area contributed by atoms with Gasteiger partial charge in [0.1, 0.15) is 11.9 Å². The Hall–Kier alpha value is -2.85. The smallest absolute Gasteiger partial charge is 0.225 e. The fraction of sp³-hybridized carbons (Fsp3) is 0.480. The van der Waals surface area contributed by atoms with Gasteiger partial charge >= 0.3 is 0 Å². The number of halogens is 1. The summed E-state index contributed by atoms with van der Waals surface area (Å²) >= 11 is 0. The summed E-state index contributed by atoms with van der Waals surface area (Å²) in [5.74, 6) is 1.39. The number of nitrogens with zero attached hydrogens (tertiary/aromatic N) is 5. The number of hydrogen-bond acceptors (Lipinski definition) is 7. The average Bonchev–Trinajstić information content (AvgIpc) is 2.86. The molecule has 35 heavy (non-hydrogen) atoms. The van der Waals surface area contributed by atoms with Crippen molar-refractivity contribution in [3.05, 3.63) is 59.9 Å². The number of piperidine rings is 2. The van der Waals surface area contributed by atoms with Crippen molar-refractivity contribution in [2.45, 2.75) is 37.8 Å². The van der Waals surface area contributed by atoms with Crippen LogP contribution < -0.4 is 15.0 Å². The number of aromatic nitrogens is 2. The third-order valence-corrected chi connectivity index (χ3v) is 8.02. The zero-order valence-corrected chi connectivity index (χ0v) is 20.7. The first-order chi connectivity index (χ1) is 17.1. The van der Waals surface area contributed by atoms with Gasteiger partial charge in [-0.3, -0.25) is 4.99 Å². The Bertz CT molecular complexity index is 1100. The number of hydrogen-bond donors (Lipinski definition) is 1. The van der Waals surface area contributed by atoms with Gasteiger partial charge in [0.05, 0.1) is 29.4 Å². The van der Waals surface area contributed by atoms with Crippen LogP contribution in [-0.4, -0.2) is 63.2 Å². The number of ether oxygens (including phenoxy) is 1. The lowest BCUT2D eigenvalue weighted by Gasteiger charge is -2.37. The molecule has 186 valence electrons. The number of nitrogens with one attached hydrogen (secondary N) is 1. The van der Waals surface area contributed by atoms with Gasteiger partial charge in [0.2, 0.25) is 5.95 Å².